The van der Waals surface area contributed by atoms with Gasteiger partial charge in [-0.3, -0.25) is 4.79 Å². The molecule has 1 atom stereocenters. The number of rotatable bonds is 3. The van der Waals surface area contributed by atoms with Crippen LogP contribution in [-0.4, -0.2) is 20.1 Å². The third kappa shape index (κ3) is 3.51. The SMILES string of the molecule is [B]OC(=O)[C@@H](N)CC(C)C. The van der Waals surface area contributed by atoms with Gasteiger partial charge in [-0.15, -0.1) is 0 Å². The summed E-state index contributed by atoms with van der Waals surface area (Å²) in [5, 5.41) is 0. The van der Waals surface area contributed by atoms with Crippen molar-refractivity contribution in [2.75, 3.05) is 0 Å². The highest BCUT2D eigenvalue weighted by molar-refractivity contribution is 6.06. The predicted octanol–water partition coefficient (Wildman–Crippen LogP) is -0.0135. The van der Waals surface area contributed by atoms with E-state index >= 15 is 0 Å². The number of carbonyl (C=O) groups is 1. The first-order valence-corrected chi connectivity index (χ1v) is 3.24. The second kappa shape index (κ2) is 4.33. The van der Waals surface area contributed by atoms with Gasteiger partial charge in [-0.2, -0.15) is 0 Å². The molecule has 0 aromatic carbocycles. The Kier molecular flexibility index (Phi) is 4.11. The fraction of sp³-hybridized carbons (Fsp3) is 0.833. The lowest BCUT2D eigenvalue weighted by Crippen LogP contribution is -2.32. The lowest BCUT2D eigenvalue weighted by atomic mass is 10.0. The number of nitrogens with two attached hydrogens (primary N) is 1. The van der Waals surface area contributed by atoms with Crippen LogP contribution in [0.25, 0.3) is 0 Å². The van der Waals surface area contributed by atoms with E-state index in [-0.39, 0.29) is 0 Å². The zero-order chi connectivity index (χ0) is 8.15. The van der Waals surface area contributed by atoms with Crippen molar-refractivity contribution in [1.29, 1.82) is 0 Å². The third-order valence-corrected chi connectivity index (χ3v) is 1.14. The van der Waals surface area contributed by atoms with Gasteiger partial charge >= 0.3 is 14.0 Å². The van der Waals surface area contributed by atoms with Crippen molar-refractivity contribution in [2.24, 2.45) is 11.7 Å². The van der Waals surface area contributed by atoms with Gasteiger partial charge in [-0.25, -0.2) is 0 Å². The first kappa shape index (κ1) is 9.49. The summed E-state index contributed by atoms with van der Waals surface area (Å²) in [6.07, 6.45) is 0.607. The highest BCUT2D eigenvalue weighted by Gasteiger charge is 2.13. The molecule has 0 aliphatic rings. The average molecular weight is 141 g/mol. The van der Waals surface area contributed by atoms with Gasteiger partial charge < -0.3 is 10.4 Å². The second-order valence-electron chi connectivity index (χ2n) is 2.67. The standard InChI is InChI=1S/C6H12BNO2/c1-4(2)3-5(8)6(9)10-7/h4-5H,3,8H2,1-2H3/t5-/m0/s1. The summed E-state index contributed by atoms with van der Waals surface area (Å²) in [5.74, 6) is -0.164. The molecule has 4 heteroatoms. The zero-order valence-electron chi connectivity index (χ0n) is 6.33. The van der Waals surface area contributed by atoms with Crippen LogP contribution in [0.1, 0.15) is 20.3 Å². The normalized spacial score (nSPS) is 13.2. The molecule has 0 saturated heterocycles. The van der Waals surface area contributed by atoms with Gasteiger partial charge in [-0.05, 0) is 12.3 Å². The van der Waals surface area contributed by atoms with Crippen molar-refractivity contribution in [3.05, 3.63) is 0 Å². The molecule has 0 heterocycles. The van der Waals surface area contributed by atoms with Crippen molar-refractivity contribution >= 4 is 14.0 Å². The van der Waals surface area contributed by atoms with E-state index < -0.39 is 12.0 Å². The molecular formula is C6H12BNO2. The summed E-state index contributed by atoms with van der Waals surface area (Å²) in [6.45, 7) is 3.95. The van der Waals surface area contributed by atoms with Crippen LogP contribution < -0.4 is 5.73 Å². The van der Waals surface area contributed by atoms with Crippen molar-refractivity contribution in [2.45, 2.75) is 26.3 Å². The maximum absolute atomic E-state index is 10.6. The van der Waals surface area contributed by atoms with Crippen LogP contribution in [-0.2, 0) is 9.45 Å². The van der Waals surface area contributed by atoms with Crippen LogP contribution in [0.3, 0.4) is 0 Å². The molecule has 0 amide bonds. The quantitative estimate of drug-likeness (QED) is 0.562. The van der Waals surface area contributed by atoms with Gasteiger partial charge in [-0.1, -0.05) is 13.8 Å². The maximum atomic E-state index is 10.6. The van der Waals surface area contributed by atoms with Crippen LogP contribution in [0.5, 0.6) is 0 Å². The summed E-state index contributed by atoms with van der Waals surface area (Å²) < 4.78 is 3.95. The minimum atomic E-state index is -0.579. The molecule has 2 radical (unpaired) electrons. The van der Waals surface area contributed by atoms with Gasteiger partial charge in [0.15, 0.2) is 0 Å². The largest absolute Gasteiger partial charge is 0.542 e. The molecule has 56 valence electrons. The minimum Gasteiger partial charge on any atom is -0.542 e. The van der Waals surface area contributed by atoms with Crippen molar-refractivity contribution in [3.8, 4) is 0 Å². The number of carbonyl (C=O) groups excluding carboxylic acids is 1. The molecular weight excluding hydrogens is 129 g/mol. The topological polar surface area (TPSA) is 52.3 Å². The molecule has 0 rings (SSSR count). The Morgan fingerprint density at radius 3 is 2.50 bits per heavy atom. The molecule has 0 aliphatic carbocycles. The minimum absolute atomic E-state index is 0.383. The van der Waals surface area contributed by atoms with Crippen LogP contribution in [0.15, 0.2) is 0 Å². The Balaban J connectivity index is 3.61. The fourth-order valence-corrected chi connectivity index (χ4v) is 0.691. The Morgan fingerprint density at radius 2 is 2.20 bits per heavy atom. The Hall–Kier alpha value is -0.505. The van der Waals surface area contributed by atoms with E-state index in [2.05, 4.69) is 12.7 Å². The molecule has 0 aromatic rings. The lowest BCUT2D eigenvalue weighted by Gasteiger charge is -2.10. The first-order chi connectivity index (χ1) is 4.57. The van der Waals surface area contributed by atoms with E-state index in [4.69, 9.17) is 5.73 Å². The number of hydrogen-bond donors (Lipinski definition) is 1. The molecule has 0 spiro atoms. The van der Waals surface area contributed by atoms with Crippen molar-refractivity contribution < 1.29 is 9.45 Å². The molecule has 0 bridgehead atoms. The van der Waals surface area contributed by atoms with E-state index in [1.165, 1.54) is 0 Å². The summed E-state index contributed by atoms with van der Waals surface area (Å²) in [5.41, 5.74) is 5.37. The van der Waals surface area contributed by atoms with E-state index in [1.807, 2.05) is 13.8 Å². The molecule has 10 heavy (non-hydrogen) atoms. The molecule has 0 unspecified atom stereocenters. The Bertz CT molecular complexity index is 116. The highest BCUT2D eigenvalue weighted by atomic mass is 16.5. The second-order valence-corrected chi connectivity index (χ2v) is 2.67. The smallest absolute Gasteiger partial charge is 0.378 e. The van der Waals surface area contributed by atoms with Crippen LogP contribution in [0.2, 0.25) is 0 Å². The van der Waals surface area contributed by atoms with E-state index in [1.54, 1.807) is 0 Å². The molecule has 0 aromatic heterocycles. The summed E-state index contributed by atoms with van der Waals surface area (Å²) in [4.78, 5) is 10.6. The summed E-state index contributed by atoms with van der Waals surface area (Å²) >= 11 is 0. The zero-order valence-corrected chi connectivity index (χ0v) is 6.33. The van der Waals surface area contributed by atoms with Gasteiger partial charge in [0.1, 0.15) is 6.04 Å². The number of hydrogen-bond acceptors (Lipinski definition) is 3. The molecule has 0 fully saturated rings. The van der Waals surface area contributed by atoms with Gasteiger partial charge in [0.2, 0.25) is 0 Å². The lowest BCUT2D eigenvalue weighted by molar-refractivity contribution is -0.135. The van der Waals surface area contributed by atoms with Crippen molar-refractivity contribution in [3.63, 3.8) is 0 Å². The highest BCUT2D eigenvalue weighted by Crippen LogP contribution is 2.02. The monoisotopic (exact) mass is 141 g/mol. The van der Waals surface area contributed by atoms with Gasteiger partial charge in [0.05, 0.1) is 0 Å². The Labute approximate surface area is 62.4 Å². The van der Waals surface area contributed by atoms with E-state index in [9.17, 15) is 4.79 Å². The Morgan fingerprint density at radius 1 is 1.70 bits per heavy atom. The van der Waals surface area contributed by atoms with Crippen LogP contribution >= 0.6 is 0 Å². The van der Waals surface area contributed by atoms with Crippen LogP contribution in [0, 0.1) is 5.92 Å². The predicted molar refractivity (Wildman–Crippen MR) is 39.3 cm³/mol. The van der Waals surface area contributed by atoms with E-state index in [0.717, 1.165) is 0 Å². The average Bonchev–Trinajstić information content (AvgIpc) is 1.85. The molecule has 0 aliphatic heterocycles. The molecule has 2 N–H and O–H groups in total. The maximum Gasteiger partial charge on any atom is 0.378 e. The third-order valence-electron chi connectivity index (χ3n) is 1.14. The molecule has 3 nitrogen and oxygen atoms in total. The first-order valence-electron chi connectivity index (χ1n) is 3.24. The summed E-state index contributed by atoms with van der Waals surface area (Å²) in [7, 11) is 4.62. The van der Waals surface area contributed by atoms with Gasteiger partial charge in [0, 0.05) is 0 Å². The molecule has 0 saturated carbocycles. The van der Waals surface area contributed by atoms with E-state index in [0.29, 0.717) is 12.3 Å². The summed E-state index contributed by atoms with van der Waals surface area (Å²) in [6, 6.07) is -0.579. The van der Waals surface area contributed by atoms with Crippen molar-refractivity contribution in [1.82, 2.24) is 0 Å². The van der Waals surface area contributed by atoms with Crippen LogP contribution in [0.4, 0.5) is 0 Å². The fourth-order valence-electron chi connectivity index (χ4n) is 0.691. The van der Waals surface area contributed by atoms with Gasteiger partial charge in [0.25, 0.3) is 0 Å².